The van der Waals surface area contributed by atoms with Crippen LogP contribution < -0.4 is 0 Å². The zero-order valence-electron chi connectivity index (χ0n) is 6.02. The van der Waals surface area contributed by atoms with Gasteiger partial charge < -0.3 is 5.11 Å². The van der Waals surface area contributed by atoms with Gasteiger partial charge in [-0.1, -0.05) is 13.8 Å². The summed E-state index contributed by atoms with van der Waals surface area (Å²) >= 11 is 0. The Kier molecular flexibility index (Phi) is 8.14. The number of hydrogen-bond acceptors (Lipinski definition) is 1. The second kappa shape index (κ2) is 5.72. The Morgan fingerprint density at radius 3 is 1.62 bits per heavy atom. The van der Waals surface area contributed by atoms with E-state index >= 15 is 0 Å². The van der Waals surface area contributed by atoms with Crippen molar-refractivity contribution in [1.82, 2.24) is 0 Å². The Balaban J connectivity index is 0. The Morgan fingerprint density at radius 1 is 1.25 bits per heavy atom. The normalized spacial score (nSPS) is 13.1. The van der Waals surface area contributed by atoms with E-state index in [0.29, 0.717) is 5.92 Å². The molecule has 0 aliphatic heterocycles. The van der Waals surface area contributed by atoms with Gasteiger partial charge in [-0.05, 0) is 19.3 Å². The largest absolute Gasteiger partial charge is 0.393 e. The van der Waals surface area contributed by atoms with E-state index in [-0.39, 0.29) is 25.6 Å². The first-order valence-electron chi connectivity index (χ1n) is 2.81. The topological polar surface area (TPSA) is 20.2 Å². The summed E-state index contributed by atoms with van der Waals surface area (Å²) in [5.41, 5.74) is 0. The number of hydrogen-bond donors (Lipinski definition) is 1. The summed E-state index contributed by atoms with van der Waals surface area (Å²) in [6.07, 6.45) is 0.792. The predicted molar refractivity (Wildman–Crippen MR) is 31.1 cm³/mol. The SMILES string of the molecule is CC(C)CC(C)O.[Zn]. The third-order valence-corrected chi connectivity index (χ3v) is 0.813. The van der Waals surface area contributed by atoms with Crippen molar-refractivity contribution < 1.29 is 24.6 Å². The molecule has 0 aromatic rings. The minimum atomic E-state index is -0.125. The summed E-state index contributed by atoms with van der Waals surface area (Å²) in [6.45, 7) is 6.03. The maximum Gasteiger partial charge on any atom is 0.0514 e. The van der Waals surface area contributed by atoms with E-state index in [1.165, 1.54) is 0 Å². The van der Waals surface area contributed by atoms with Crippen LogP contribution in [0.3, 0.4) is 0 Å². The average Bonchev–Trinajstić information content (AvgIpc) is 1.27. The van der Waals surface area contributed by atoms with Crippen LogP contribution in [0.15, 0.2) is 0 Å². The van der Waals surface area contributed by atoms with Crippen molar-refractivity contribution in [2.75, 3.05) is 0 Å². The van der Waals surface area contributed by atoms with Crippen LogP contribution in [0, 0.1) is 5.92 Å². The van der Waals surface area contributed by atoms with Crippen LogP contribution >= 0.6 is 0 Å². The summed E-state index contributed by atoms with van der Waals surface area (Å²) < 4.78 is 0. The molecule has 0 aromatic heterocycles. The molecule has 0 spiro atoms. The van der Waals surface area contributed by atoms with E-state index < -0.39 is 0 Å². The second-order valence-electron chi connectivity index (χ2n) is 2.48. The fraction of sp³-hybridized carbons (Fsp3) is 1.00. The Hall–Kier alpha value is 0.583. The summed E-state index contributed by atoms with van der Waals surface area (Å²) in [5, 5.41) is 8.72. The summed E-state index contributed by atoms with van der Waals surface area (Å²) in [5.74, 6) is 0.625. The molecule has 1 nitrogen and oxygen atoms in total. The Morgan fingerprint density at radius 2 is 1.62 bits per heavy atom. The molecule has 0 saturated heterocycles. The predicted octanol–water partition coefficient (Wildman–Crippen LogP) is 1.41. The van der Waals surface area contributed by atoms with Crippen LogP contribution in [0.4, 0.5) is 0 Å². The molecular formula is C6H14OZn. The fourth-order valence-corrected chi connectivity index (χ4v) is 0.682. The van der Waals surface area contributed by atoms with Gasteiger partial charge in [0.25, 0.3) is 0 Å². The quantitative estimate of drug-likeness (QED) is 0.617. The first-order valence-corrected chi connectivity index (χ1v) is 2.81. The molecule has 1 N–H and O–H groups in total. The van der Waals surface area contributed by atoms with Crippen LogP contribution in [0.5, 0.6) is 0 Å². The molecular weight excluding hydrogens is 153 g/mol. The van der Waals surface area contributed by atoms with Gasteiger partial charge in [-0.15, -0.1) is 0 Å². The van der Waals surface area contributed by atoms with Crippen molar-refractivity contribution in [3.63, 3.8) is 0 Å². The molecule has 1 atom stereocenters. The Labute approximate surface area is 64.2 Å². The van der Waals surface area contributed by atoms with Gasteiger partial charge in [0.15, 0.2) is 0 Å². The molecule has 0 rings (SSSR count). The number of aliphatic hydroxyl groups is 1. The molecule has 2 heteroatoms. The molecule has 0 bridgehead atoms. The molecule has 0 aliphatic rings. The van der Waals surface area contributed by atoms with Crippen molar-refractivity contribution in [1.29, 1.82) is 0 Å². The monoisotopic (exact) mass is 166 g/mol. The molecule has 0 aromatic carbocycles. The van der Waals surface area contributed by atoms with Crippen molar-refractivity contribution in [3.8, 4) is 0 Å². The molecule has 1 unspecified atom stereocenters. The van der Waals surface area contributed by atoms with E-state index in [9.17, 15) is 0 Å². The summed E-state index contributed by atoms with van der Waals surface area (Å²) in [6, 6.07) is 0. The molecule has 0 heterocycles. The minimum Gasteiger partial charge on any atom is -0.393 e. The second-order valence-corrected chi connectivity index (χ2v) is 2.48. The van der Waals surface area contributed by atoms with Crippen LogP contribution in [-0.2, 0) is 19.5 Å². The Bertz CT molecular complexity index is 37.8. The van der Waals surface area contributed by atoms with Gasteiger partial charge in [0.05, 0.1) is 6.10 Å². The maximum atomic E-state index is 8.72. The smallest absolute Gasteiger partial charge is 0.0514 e. The van der Waals surface area contributed by atoms with E-state index in [2.05, 4.69) is 13.8 Å². The summed E-state index contributed by atoms with van der Waals surface area (Å²) in [4.78, 5) is 0. The standard InChI is InChI=1S/C6H14O.Zn/c1-5(2)4-6(3)7;/h5-7H,4H2,1-3H3;. The maximum absolute atomic E-state index is 8.72. The number of rotatable bonds is 2. The van der Waals surface area contributed by atoms with Crippen molar-refractivity contribution >= 4 is 0 Å². The molecule has 0 amide bonds. The minimum absolute atomic E-state index is 0. The van der Waals surface area contributed by atoms with Crippen LogP contribution in [-0.4, -0.2) is 11.2 Å². The molecule has 8 heavy (non-hydrogen) atoms. The van der Waals surface area contributed by atoms with Gasteiger partial charge in [-0.25, -0.2) is 0 Å². The van der Waals surface area contributed by atoms with Crippen LogP contribution in [0.25, 0.3) is 0 Å². The van der Waals surface area contributed by atoms with Gasteiger partial charge in [0, 0.05) is 19.5 Å². The molecule has 0 fully saturated rings. The summed E-state index contributed by atoms with van der Waals surface area (Å²) in [7, 11) is 0. The average molecular weight is 168 g/mol. The first kappa shape index (κ1) is 11.4. The van der Waals surface area contributed by atoms with Gasteiger partial charge in [-0.2, -0.15) is 0 Å². The fourth-order valence-electron chi connectivity index (χ4n) is 0.682. The van der Waals surface area contributed by atoms with Gasteiger partial charge >= 0.3 is 0 Å². The van der Waals surface area contributed by atoms with E-state index in [4.69, 9.17) is 5.11 Å². The van der Waals surface area contributed by atoms with E-state index in [1.807, 2.05) is 6.92 Å². The van der Waals surface area contributed by atoms with Gasteiger partial charge in [0.1, 0.15) is 0 Å². The molecule has 0 saturated carbocycles. The molecule has 0 aliphatic carbocycles. The van der Waals surface area contributed by atoms with E-state index in [1.54, 1.807) is 0 Å². The number of aliphatic hydroxyl groups excluding tert-OH is 1. The van der Waals surface area contributed by atoms with Crippen LogP contribution in [0.1, 0.15) is 27.2 Å². The molecule has 0 radical (unpaired) electrons. The van der Waals surface area contributed by atoms with Crippen molar-refractivity contribution in [2.45, 2.75) is 33.3 Å². The third kappa shape index (κ3) is 9.77. The zero-order chi connectivity index (χ0) is 5.86. The van der Waals surface area contributed by atoms with Gasteiger partial charge in [-0.3, -0.25) is 0 Å². The third-order valence-electron chi connectivity index (χ3n) is 0.813. The van der Waals surface area contributed by atoms with E-state index in [0.717, 1.165) is 6.42 Å². The zero-order valence-corrected chi connectivity index (χ0v) is 8.98. The first-order chi connectivity index (χ1) is 3.13. The van der Waals surface area contributed by atoms with Crippen molar-refractivity contribution in [2.24, 2.45) is 5.92 Å². The van der Waals surface area contributed by atoms with Crippen molar-refractivity contribution in [3.05, 3.63) is 0 Å². The van der Waals surface area contributed by atoms with Gasteiger partial charge in [0.2, 0.25) is 0 Å². The van der Waals surface area contributed by atoms with Crippen LogP contribution in [0.2, 0.25) is 0 Å². The molecule has 46 valence electrons.